The molecule has 1 saturated heterocycles. The summed E-state index contributed by atoms with van der Waals surface area (Å²) in [6.07, 6.45) is 2.31. The first-order valence-corrected chi connectivity index (χ1v) is 5.15. The first kappa shape index (κ1) is 12.4. The molecule has 0 unspecified atom stereocenters. The summed E-state index contributed by atoms with van der Waals surface area (Å²) in [5, 5.41) is 12.1. The van der Waals surface area contributed by atoms with Gasteiger partial charge >= 0.3 is 5.97 Å². The van der Waals surface area contributed by atoms with Crippen molar-refractivity contribution in [1.29, 1.82) is 0 Å². The van der Waals surface area contributed by atoms with Gasteiger partial charge in [0.15, 0.2) is 0 Å². The van der Waals surface area contributed by atoms with Crippen molar-refractivity contribution in [2.24, 2.45) is 5.41 Å². The first-order chi connectivity index (χ1) is 6.21. The van der Waals surface area contributed by atoms with Gasteiger partial charge < -0.3 is 10.4 Å². The number of aliphatic carboxylic acids is 1. The van der Waals surface area contributed by atoms with Crippen molar-refractivity contribution in [2.75, 3.05) is 13.1 Å². The molecule has 3 heteroatoms. The average Bonchev–Trinajstić information content (AvgIpc) is 2.21. The molecule has 3 nitrogen and oxygen atoms in total. The second-order valence-corrected chi connectivity index (χ2v) is 3.19. The van der Waals surface area contributed by atoms with E-state index in [4.69, 9.17) is 5.11 Å². The largest absolute Gasteiger partial charge is 0.481 e. The summed E-state index contributed by atoms with van der Waals surface area (Å²) >= 11 is 0. The number of nitrogens with one attached hydrogen (secondary N) is 1. The van der Waals surface area contributed by atoms with Gasteiger partial charge in [-0.1, -0.05) is 20.8 Å². The van der Waals surface area contributed by atoms with Gasteiger partial charge in [0.25, 0.3) is 0 Å². The average molecular weight is 187 g/mol. The third-order valence-corrected chi connectivity index (χ3v) is 2.69. The second-order valence-electron chi connectivity index (χ2n) is 3.19. The van der Waals surface area contributed by atoms with Gasteiger partial charge in [0, 0.05) is 0 Å². The van der Waals surface area contributed by atoms with Crippen molar-refractivity contribution in [2.45, 2.75) is 40.0 Å². The summed E-state index contributed by atoms with van der Waals surface area (Å²) in [6.45, 7) is 7.65. The van der Waals surface area contributed by atoms with Gasteiger partial charge in [0.2, 0.25) is 0 Å². The summed E-state index contributed by atoms with van der Waals surface area (Å²) in [5.41, 5.74) is -0.425. The van der Waals surface area contributed by atoms with E-state index >= 15 is 0 Å². The number of piperidine rings is 1. The molecule has 0 aromatic carbocycles. The molecule has 0 amide bonds. The van der Waals surface area contributed by atoms with Crippen LogP contribution in [0.1, 0.15) is 40.0 Å². The number of hydrogen-bond acceptors (Lipinski definition) is 2. The van der Waals surface area contributed by atoms with Crippen LogP contribution >= 0.6 is 0 Å². The minimum atomic E-state index is -0.624. The molecule has 0 saturated carbocycles. The third kappa shape index (κ3) is 2.99. The smallest absolute Gasteiger partial charge is 0.309 e. The molecule has 1 heterocycles. The van der Waals surface area contributed by atoms with Crippen molar-refractivity contribution in [3.8, 4) is 0 Å². The molecule has 1 rings (SSSR count). The summed E-state index contributed by atoms with van der Waals surface area (Å²) in [5.74, 6) is -0.624. The number of carboxylic acids is 1. The Bertz CT molecular complexity index is 151. The van der Waals surface area contributed by atoms with E-state index in [0.717, 1.165) is 32.4 Å². The minimum absolute atomic E-state index is 0.425. The third-order valence-electron chi connectivity index (χ3n) is 2.69. The molecule has 0 aromatic heterocycles. The molecule has 1 aliphatic heterocycles. The Kier molecular flexibility index (Phi) is 5.71. The zero-order chi connectivity index (χ0) is 10.3. The maximum atomic E-state index is 10.9. The number of rotatable bonds is 2. The van der Waals surface area contributed by atoms with Crippen LogP contribution in [0.2, 0.25) is 0 Å². The Morgan fingerprint density at radius 1 is 1.38 bits per heavy atom. The van der Waals surface area contributed by atoms with Crippen molar-refractivity contribution in [3.05, 3.63) is 0 Å². The SMILES string of the molecule is CC.CCC1(C(=O)O)CCNCC1. The van der Waals surface area contributed by atoms with Crippen LogP contribution in [0.5, 0.6) is 0 Å². The highest BCUT2D eigenvalue weighted by Crippen LogP contribution is 2.32. The summed E-state index contributed by atoms with van der Waals surface area (Å²) in [4.78, 5) is 10.9. The van der Waals surface area contributed by atoms with Crippen molar-refractivity contribution in [1.82, 2.24) is 5.32 Å². The fourth-order valence-electron chi connectivity index (χ4n) is 1.62. The quantitative estimate of drug-likeness (QED) is 0.694. The molecule has 0 aromatic rings. The lowest BCUT2D eigenvalue weighted by Gasteiger charge is -2.32. The van der Waals surface area contributed by atoms with Crippen LogP contribution in [0, 0.1) is 5.41 Å². The van der Waals surface area contributed by atoms with Gasteiger partial charge in [0.05, 0.1) is 5.41 Å². The van der Waals surface area contributed by atoms with Crippen LogP contribution < -0.4 is 5.32 Å². The molecule has 0 bridgehead atoms. The van der Waals surface area contributed by atoms with E-state index in [0.29, 0.717) is 0 Å². The fourth-order valence-corrected chi connectivity index (χ4v) is 1.62. The van der Waals surface area contributed by atoms with E-state index in [1.165, 1.54) is 0 Å². The highest BCUT2D eigenvalue weighted by Gasteiger charge is 2.37. The summed E-state index contributed by atoms with van der Waals surface area (Å²) < 4.78 is 0. The molecule has 2 N–H and O–H groups in total. The predicted molar refractivity (Wildman–Crippen MR) is 53.8 cm³/mol. The predicted octanol–water partition coefficient (Wildman–Crippen LogP) is 1.88. The second kappa shape index (κ2) is 5.97. The van der Waals surface area contributed by atoms with E-state index in [1.54, 1.807) is 0 Å². The van der Waals surface area contributed by atoms with Crippen LogP contribution in [0.15, 0.2) is 0 Å². The van der Waals surface area contributed by atoms with Crippen LogP contribution in [0.4, 0.5) is 0 Å². The normalized spacial score (nSPS) is 19.9. The maximum absolute atomic E-state index is 10.9. The van der Waals surface area contributed by atoms with E-state index in [2.05, 4.69) is 5.32 Å². The lowest BCUT2D eigenvalue weighted by atomic mass is 9.77. The Hall–Kier alpha value is -0.570. The van der Waals surface area contributed by atoms with Crippen LogP contribution in [0.3, 0.4) is 0 Å². The molecule has 0 aliphatic carbocycles. The summed E-state index contributed by atoms with van der Waals surface area (Å²) in [7, 11) is 0. The van der Waals surface area contributed by atoms with E-state index < -0.39 is 11.4 Å². The molecule has 0 atom stereocenters. The zero-order valence-electron chi connectivity index (χ0n) is 8.89. The fraction of sp³-hybridized carbons (Fsp3) is 0.900. The zero-order valence-corrected chi connectivity index (χ0v) is 8.89. The monoisotopic (exact) mass is 187 g/mol. The maximum Gasteiger partial charge on any atom is 0.309 e. The van der Waals surface area contributed by atoms with Crippen molar-refractivity contribution >= 4 is 5.97 Å². The first-order valence-electron chi connectivity index (χ1n) is 5.15. The Labute approximate surface area is 80.5 Å². The summed E-state index contributed by atoms with van der Waals surface area (Å²) in [6, 6.07) is 0. The standard InChI is InChI=1S/C8H15NO2.C2H6/c1-2-8(7(10)11)3-5-9-6-4-8;1-2/h9H,2-6H2,1H3,(H,10,11);1-2H3. The van der Waals surface area contributed by atoms with Gasteiger partial charge in [-0.25, -0.2) is 0 Å². The van der Waals surface area contributed by atoms with E-state index in [1.807, 2.05) is 20.8 Å². The molecule has 0 spiro atoms. The van der Waals surface area contributed by atoms with Gasteiger partial charge in [-0.3, -0.25) is 4.79 Å². The highest BCUT2D eigenvalue weighted by atomic mass is 16.4. The number of hydrogen-bond donors (Lipinski definition) is 2. The minimum Gasteiger partial charge on any atom is -0.481 e. The molecular weight excluding hydrogens is 166 g/mol. The van der Waals surface area contributed by atoms with Crippen LogP contribution in [-0.2, 0) is 4.79 Å². The highest BCUT2D eigenvalue weighted by molar-refractivity contribution is 5.74. The Morgan fingerprint density at radius 2 is 1.85 bits per heavy atom. The van der Waals surface area contributed by atoms with E-state index in [-0.39, 0.29) is 0 Å². The number of carboxylic acid groups (broad SMARTS) is 1. The van der Waals surface area contributed by atoms with Gasteiger partial charge in [0.1, 0.15) is 0 Å². The van der Waals surface area contributed by atoms with Crippen LogP contribution in [-0.4, -0.2) is 24.2 Å². The number of carbonyl (C=O) groups is 1. The topological polar surface area (TPSA) is 49.3 Å². The molecule has 1 aliphatic rings. The van der Waals surface area contributed by atoms with Crippen LogP contribution in [0.25, 0.3) is 0 Å². The Balaban J connectivity index is 0.000000671. The van der Waals surface area contributed by atoms with E-state index in [9.17, 15) is 4.79 Å². The Morgan fingerprint density at radius 3 is 2.08 bits per heavy atom. The van der Waals surface area contributed by atoms with Gasteiger partial charge in [-0.05, 0) is 32.4 Å². The van der Waals surface area contributed by atoms with Gasteiger partial charge in [-0.2, -0.15) is 0 Å². The molecule has 78 valence electrons. The van der Waals surface area contributed by atoms with Crippen molar-refractivity contribution < 1.29 is 9.90 Å². The molecule has 1 fully saturated rings. The lowest BCUT2D eigenvalue weighted by molar-refractivity contribution is -0.150. The lowest BCUT2D eigenvalue weighted by Crippen LogP contribution is -2.41. The molecular formula is C10H21NO2. The van der Waals surface area contributed by atoms with Crippen molar-refractivity contribution in [3.63, 3.8) is 0 Å². The van der Waals surface area contributed by atoms with Gasteiger partial charge in [-0.15, -0.1) is 0 Å². The molecule has 0 radical (unpaired) electrons. The molecule has 13 heavy (non-hydrogen) atoms.